The van der Waals surface area contributed by atoms with Crippen LogP contribution in [0.25, 0.3) is 6.08 Å². The van der Waals surface area contributed by atoms with Gasteiger partial charge in [0.2, 0.25) is 12.1 Å². The van der Waals surface area contributed by atoms with Crippen LogP contribution in [0.2, 0.25) is 0 Å². The first-order valence-electron chi connectivity index (χ1n) is 10.2. The van der Waals surface area contributed by atoms with Crippen LogP contribution < -0.4 is 0 Å². The van der Waals surface area contributed by atoms with Crippen LogP contribution in [0.4, 0.5) is 0 Å². The van der Waals surface area contributed by atoms with Gasteiger partial charge in [-0.25, -0.2) is 9.78 Å². The standard InChI is InChI=1S/C23H28O4/c1-15-9-11-19-16(2)20(12-10-17-7-5-4-6-8-17)24-21-23(19)18(15)13-14-22(3,25-21)26-27-23/h4-8,10,12,15,18-19,21H,9,11,13-14H2,1-3H3/b12-10-/t15-,18+,19+,21-,22-,23-/m1/s1. The van der Waals surface area contributed by atoms with Crippen molar-refractivity contribution in [1.29, 1.82) is 0 Å². The second kappa shape index (κ2) is 6.20. The zero-order chi connectivity index (χ0) is 18.6. The van der Waals surface area contributed by atoms with Crippen molar-refractivity contribution in [2.75, 3.05) is 0 Å². The Morgan fingerprint density at radius 2 is 1.85 bits per heavy atom. The molecule has 4 fully saturated rings. The van der Waals surface area contributed by atoms with E-state index in [0.717, 1.165) is 30.6 Å². The van der Waals surface area contributed by atoms with E-state index in [1.807, 2.05) is 25.1 Å². The Bertz CT molecular complexity index is 785. The maximum atomic E-state index is 6.44. The third kappa shape index (κ3) is 2.61. The Hall–Kier alpha value is -1.62. The third-order valence-electron chi connectivity index (χ3n) is 7.09. The van der Waals surface area contributed by atoms with Gasteiger partial charge in [0.1, 0.15) is 5.76 Å². The van der Waals surface area contributed by atoms with Gasteiger partial charge in [-0.05, 0) is 56.2 Å². The lowest BCUT2D eigenvalue weighted by Crippen LogP contribution is -2.66. The third-order valence-corrected chi connectivity index (χ3v) is 7.09. The maximum Gasteiger partial charge on any atom is 0.235 e. The first-order valence-corrected chi connectivity index (χ1v) is 10.2. The van der Waals surface area contributed by atoms with E-state index in [9.17, 15) is 0 Å². The maximum absolute atomic E-state index is 6.44. The zero-order valence-corrected chi connectivity index (χ0v) is 16.3. The number of benzene rings is 1. The first-order chi connectivity index (χ1) is 13.0. The van der Waals surface area contributed by atoms with Crippen LogP contribution in [0.5, 0.6) is 0 Å². The van der Waals surface area contributed by atoms with Crippen molar-refractivity contribution in [3.05, 3.63) is 53.3 Å². The summed E-state index contributed by atoms with van der Waals surface area (Å²) < 4.78 is 12.8. The minimum atomic E-state index is -0.725. The summed E-state index contributed by atoms with van der Waals surface area (Å²) in [4.78, 5) is 12.0. The predicted octanol–water partition coefficient (Wildman–Crippen LogP) is 5.22. The van der Waals surface area contributed by atoms with Crippen molar-refractivity contribution in [2.45, 2.75) is 64.1 Å². The van der Waals surface area contributed by atoms with Crippen molar-refractivity contribution in [2.24, 2.45) is 17.8 Å². The summed E-state index contributed by atoms with van der Waals surface area (Å²) in [6, 6.07) is 10.3. The summed E-state index contributed by atoms with van der Waals surface area (Å²) in [6.45, 7) is 6.47. The van der Waals surface area contributed by atoms with E-state index in [4.69, 9.17) is 19.2 Å². The molecule has 0 N–H and O–H groups in total. The van der Waals surface area contributed by atoms with Crippen LogP contribution in [0.1, 0.15) is 52.0 Å². The number of hydrogen-bond donors (Lipinski definition) is 0. The highest BCUT2D eigenvalue weighted by atomic mass is 17.3. The quantitative estimate of drug-likeness (QED) is 0.671. The van der Waals surface area contributed by atoms with Gasteiger partial charge in [-0.1, -0.05) is 43.3 Å². The normalized spacial score (nSPS) is 43.4. The van der Waals surface area contributed by atoms with Gasteiger partial charge in [-0.15, -0.1) is 0 Å². The van der Waals surface area contributed by atoms with Gasteiger partial charge in [0.15, 0.2) is 5.60 Å². The van der Waals surface area contributed by atoms with Crippen molar-refractivity contribution in [1.82, 2.24) is 0 Å². The molecule has 1 aliphatic carbocycles. The van der Waals surface area contributed by atoms with Crippen LogP contribution in [0.15, 0.2) is 47.7 Å². The molecule has 2 bridgehead atoms. The summed E-state index contributed by atoms with van der Waals surface area (Å²) in [5, 5.41) is 0. The van der Waals surface area contributed by atoms with E-state index in [0.29, 0.717) is 11.8 Å². The Morgan fingerprint density at radius 3 is 2.67 bits per heavy atom. The molecule has 0 amide bonds. The SMILES string of the molecule is CC1=C(/C=C\c2ccccc2)O[C@@H]2O[C@@]3(C)CC[C@H]4[C@H](C)CC[C@@H]1[C@@]24OO3. The Morgan fingerprint density at radius 1 is 1.04 bits per heavy atom. The van der Waals surface area contributed by atoms with E-state index in [-0.39, 0.29) is 5.92 Å². The fourth-order valence-electron chi connectivity index (χ4n) is 5.54. The van der Waals surface area contributed by atoms with E-state index in [2.05, 4.69) is 38.1 Å². The first kappa shape index (κ1) is 17.5. The molecular weight excluding hydrogens is 340 g/mol. The summed E-state index contributed by atoms with van der Waals surface area (Å²) in [5.41, 5.74) is 1.88. The molecular formula is C23H28O4. The van der Waals surface area contributed by atoms with Crippen molar-refractivity contribution in [3.8, 4) is 0 Å². The molecule has 27 heavy (non-hydrogen) atoms. The molecule has 3 saturated heterocycles. The topological polar surface area (TPSA) is 36.9 Å². The smallest absolute Gasteiger partial charge is 0.235 e. The fourth-order valence-corrected chi connectivity index (χ4v) is 5.54. The van der Waals surface area contributed by atoms with Gasteiger partial charge in [0, 0.05) is 18.3 Å². The van der Waals surface area contributed by atoms with Gasteiger partial charge < -0.3 is 9.47 Å². The Labute approximate surface area is 161 Å². The Balaban J connectivity index is 1.55. The average Bonchev–Trinajstić information content (AvgIpc) is 2.90. The minimum absolute atomic E-state index is 0.260. The Kier molecular flexibility index (Phi) is 4.01. The molecule has 5 aliphatic rings. The lowest BCUT2D eigenvalue weighted by molar-refractivity contribution is -0.555. The number of rotatable bonds is 2. The molecule has 6 rings (SSSR count). The molecule has 1 spiro atoms. The summed E-state index contributed by atoms with van der Waals surface area (Å²) >= 11 is 0. The van der Waals surface area contributed by atoms with Crippen LogP contribution in [-0.2, 0) is 19.2 Å². The number of allylic oxidation sites excluding steroid dienone is 1. The minimum Gasteiger partial charge on any atom is -0.462 e. The van der Waals surface area contributed by atoms with E-state index in [1.165, 1.54) is 12.0 Å². The van der Waals surface area contributed by atoms with Crippen LogP contribution >= 0.6 is 0 Å². The summed E-state index contributed by atoms with van der Waals surface area (Å²) in [7, 11) is 0. The van der Waals surface area contributed by atoms with Gasteiger partial charge in [0.25, 0.3) is 0 Å². The number of fused-ring (bicyclic) bond motifs is 2. The zero-order valence-electron chi connectivity index (χ0n) is 16.3. The molecule has 6 atom stereocenters. The molecule has 4 heterocycles. The fraction of sp³-hybridized carbons (Fsp3) is 0.565. The molecule has 144 valence electrons. The lowest BCUT2D eigenvalue weighted by Gasteiger charge is -2.57. The second-order valence-corrected chi connectivity index (χ2v) is 8.77. The number of ether oxygens (including phenoxy) is 2. The molecule has 1 saturated carbocycles. The summed E-state index contributed by atoms with van der Waals surface area (Å²) in [6.07, 6.45) is 7.94. The highest BCUT2D eigenvalue weighted by Gasteiger charge is 2.68. The molecule has 0 unspecified atom stereocenters. The van der Waals surface area contributed by atoms with Crippen LogP contribution in [0, 0.1) is 17.8 Å². The summed E-state index contributed by atoms with van der Waals surface area (Å²) in [5.74, 6) is 1.41. The highest BCUT2D eigenvalue weighted by molar-refractivity contribution is 5.52. The molecule has 1 aromatic rings. The van der Waals surface area contributed by atoms with Crippen LogP contribution in [-0.4, -0.2) is 17.7 Å². The largest absolute Gasteiger partial charge is 0.462 e. The van der Waals surface area contributed by atoms with Gasteiger partial charge in [-0.2, -0.15) is 0 Å². The van der Waals surface area contributed by atoms with Crippen molar-refractivity contribution < 1.29 is 19.2 Å². The van der Waals surface area contributed by atoms with Gasteiger partial charge >= 0.3 is 0 Å². The molecule has 4 nitrogen and oxygen atoms in total. The molecule has 0 aromatic heterocycles. The van der Waals surface area contributed by atoms with Crippen molar-refractivity contribution >= 4 is 6.08 Å². The van der Waals surface area contributed by atoms with E-state index >= 15 is 0 Å². The van der Waals surface area contributed by atoms with Crippen molar-refractivity contribution in [3.63, 3.8) is 0 Å². The molecule has 0 radical (unpaired) electrons. The van der Waals surface area contributed by atoms with Gasteiger partial charge in [0.05, 0.1) is 0 Å². The van der Waals surface area contributed by atoms with Crippen LogP contribution in [0.3, 0.4) is 0 Å². The molecule has 4 aliphatic heterocycles. The monoisotopic (exact) mass is 368 g/mol. The van der Waals surface area contributed by atoms with E-state index in [1.54, 1.807) is 0 Å². The second-order valence-electron chi connectivity index (χ2n) is 8.77. The molecule has 4 heteroatoms. The lowest BCUT2D eigenvalue weighted by atomic mass is 9.59. The predicted molar refractivity (Wildman–Crippen MR) is 102 cm³/mol. The average molecular weight is 368 g/mol. The number of hydrogen-bond acceptors (Lipinski definition) is 4. The molecule has 1 aromatic carbocycles. The van der Waals surface area contributed by atoms with E-state index < -0.39 is 17.7 Å². The highest BCUT2D eigenvalue weighted by Crippen LogP contribution is 2.60. The van der Waals surface area contributed by atoms with Gasteiger partial charge in [-0.3, -0.25) is 0 Å².